The lowest BCUT2D eigenvalue weighted by Crippen LogP contribution is -2.34. The number of hydrogen-bond acceptors (Lipinski definition) is 2. The molecule has 1 heterocycles. The van der Waals surface area contributed by atoms with Gasteiger partial charge in [-0.2, -0.15) is 4.31 Å². The third-order valence-corrected chi connectivity index (χ3v) is 6.88. The molecule has 3 nitrogen and oxygen atoms in total. The molecule has 0 unspecified atom stereocenters. The van der Waals surface area contributed by atoms with Gasteiger partial charge >= 0.3 is 0 Å². The lowest BCUT2D eigenvalue weighted by Gasteiger charge is -2.26. The maximum atomic E-state index is 12.9. The number of hydrogen-bond donors (Lipinski definition) is 0. The first kappa shape index (κ1) is 17.5. The molecule has 0 atom stereocenters. The molecule has 1 aliphatic rings. The summed E-state index contributed by atoms with van der Waals surface area (Å²) < 4.78 is 27.2. The molecule has 126 valence electrons. The maximum Gasteiger partial charge on any atom is 0.244 e. The molecule has 0 spiro atoms. The molecule has 0 saturated carbocycles. The largest absolute Gasteiger partial charge is 0.244 e. The van der Waals surface area contributed by atoms with Crippen molar-refractivity contribution in [2.75, 3.05) is 13.1 Å². The van der Waals surface area contributed by atoms with Crippen LogP contribution in [-0.2, 0) is 10.0 Å². The van der Waals surface area contributed by atoms with Crippen molar-refractivity contribution in [1.29, 1.82) is 0 Å². The molecular formula is C18H17Cl2NO2S. The summed E-state index contributed by atoms with van der Waals surface area (Å²) in [5, 5.41) is 0.618. The zero-order valence-electron chi connectivity index (χ0n) is 13.2. The Morgan fingerprint density at radius 3 is 2.38 bits per heavy atom. The molecule has 2 aromatic carbocycles. The molecular weight excluding hydrogens is 365 g/mol. The lowest BCUT2D eigenvalue weighted by molar-refractivity contribution is 0.441. The minimum atomic E-state index is -3.64. The van der Waals surface area contributed by atoms with Gasteiger partial charge in [0.05, 0.1) is 5.02 Å². The van der Waals surface area contributed by atoms with Gasteiger partial charge in [0.2, 0.25) is 10.0 Å². The van der Waals surface area contributed by atoms with Crippen LogP contribution in [0, 0.1) is 6.92 Å². The van der Waals surface area contributed by atoms with Gasteiger partial charge in [-0.3, -0.25) is 0 Å². The summed E-state index contributed by atoms with van der Waals surface area (Å²) in [6.07, 6.45) is 2.64. The van der Waals surface area contributed by atoms with Crippen molar-refractivity contribution in [1.82, 2.24) is 4.31 Å². The second-order valence-electron chi connectivity index (χ2n) is 5.74. The Bertz CT molecular complexity index is 893. The Kier molecular flexibility index (Phi) is 5.02. The minimum Gasteiger partial charge on any atom is -0.207 e. The Hall–Kier alpha value is -1.33. The molecule has 1 aliphatic heterocycles. The van der Waals surface area contributed by atoms with Crippen molar-refractivity contribution in [2.24, 2.45) is 0 Å². The van der Waals surface area contributed by atoms with Gasteiger partial charge in [0, 0.05) is 18.1 Å². The highest BCUT2D eigenvalue weighted by Gasteiger charge is 2.28. The molecule has 0 amide bonds. The summed E-state index contributed by atoms with van der Waals surface area (Å²) in [6, 6.07) is 13.0. The molecule has 0 fully saturated rings. The highest BCUT2D eigenvalue weighted by molar-refractivity contribution is 7.89. The quantitative estimate of drug-likeness (QED) is 0.766. The van der Waals surface area contributed by atoms with Crippen molar-refractivity contribution < 1.29 is 8.42 Å². The highest BCUT2D eigenvalue weighted by atomic mass is 35.5. The van der Waals surface area contributed by atoms with E-state index in [4.69, 9.17) is 23.2 Å². The zero-order valence-corrected chi connectivity index (χ0v) is 15.5. The van der Waals surface area contributed by atoms with Crippen LogP contribution in [0.1, 0.15) is 17.5 Å². The summed E-state index contributed by atoms with van der Waals surface area (Å²) in [4.78, 5) is 0.114. The first-order valence-electron chi connectivity index (χ1n) is 7.60. The summed E-state index contributed by atoms with van der Waals surface area (Å²) >= 11 is 12.1. The second-order valence-corrected chi connectivity index (χ2v) is 8.46. The Labute approximate surface area is 152 Å². The summed E-state index contributed by atoms with van der Waals surface area (Å²) in [6.45, 7) is 2.53. The molecule has 0 N–H and O–H groups in total. The molecule has 0 radical (unpaired) electrons. The number of benzene rings is 2. The summed E-state index contributed by atoms with van der Waals surface area (Å²) in [5.74, 6) is 0. The standard InChI is InChI=1S/C18H17Cl2NO2S/c1-13-11-18(17(20)12-16(13)19)24(22,23)21-9-7-15(8-10-21)14-5-3-2-4-6-14/h2-7,11-12H,8-10H2,1H3. The Balaban J connectivity index is 1.88. The molecule has 6 heteroatoms. The topological polar surface area (TPSA) is 37.4 Å². The highest BCUT2D eigenvalue weighted by Crippen LogP contribution is 2.32. The van der Waals surface area contributed by atoms with E-state index in [1.54, 1.807) is 6.92 Å². The van der Waals surface area contributed by atoms with E-state index < -0.39 is 10.0 Å². The van der Waals surface area contributed by atoms with Crippen LogP contribution in [0.4, 0.5) is 0 Å². The molecule has 0 aliphatic carbocycles. The summed E-state index contributed by atoms with van der Waals surface area (Å²) in [7, 11) is -3.64. The third-order valence-electron chi connectivity index (χ3n) is 4.15. The van der Waals surface area contributed by atoms with Crippen molar-refractivity contribution in [3.05, 3.63) is 69.7 Å². The van der Waals surface area contributed by atoms with E-state index in [-0.39, 0.29) is 9.92 Å². The van der Waals surface area contributed by atoms with E-state index >= 15 is 0 Å². The smallest absolute Gasteiger partial charge is 0.207 e. The molecule has 0 bridgehead atoms. The van der Waals surface area contributed by atoms with Gasteiger partial charge in [-0.05, 0) is 42.2 Å². The van der Waals surface area contributed by atoms with Gasteiger partial charge in [0.15, 0.2) is 0 Å². The van der Waals surface area contributed by atoms with Crippen LogP contribution >= 0.6 is 23.2 Å². The minimum absolute atomic E-state index is 0.114. The van der Waals surface area contributed by atoms with E-state index in [9.17, 15) is 8.42 Å². The van der Waals surface area contributed by atoms with Gasteiger partial charge in [-0.1, -0.05) is 59.6 Å². The Morgan fingerprint density at radius 2 is 1.75 bits per heavy atom. The van der Waals surface area contributed by atoms with Crippen molar-refractivity contribution in [3.8, 4) is 0 Å². The van der Waals surface area contributed by atoms with Gasteiger partial charge < -0.3 is 0 Å². The Morgan fingerprint density at radius 1 is 1.04 bits per heavy atom. The van der Waals surface area contributed by atoms with Crippen molar-refractivity contribution in [3.63, 3.8) is 0 Å². The first-order valence-corrected chi connectivity index (χ1v) is 9.79. The van der Waals surface area contributed by atoms with Crippen molar-refractivity contribution >= 4 is 38.8 Å². The van der Waals surface area contributed by atoms with Crippen LogP contribution in [0.3, 0.4) is 0 Å². The molecule has 0 saturated heterocycles. The van der Waals surface area contributed by atoms with Crippen LogP contribution in [0.25, 0.3) is 5.57 Å². The van der Waals surface area contributed by atoms with Crippen LogP contribution in [0.5, 0.6) is 0 Å². The SMILES string of the molecule is Cc1cc(S(=O)(=O)N2CC=C(c3ccccc3)CC2)c(Cl)cc1Cl. The fourth-order valence-corrected chi connectivity index (χ4v) is 4.94. The first-order chi connectivity index (χ1) is 11.4. The van der Waals surface area contributed by atoms with Crippen molar-refractivity contribution in [2.45, 2.75) is 18.2 Å². The van der Waals surface area contributed by atoms with Crippen LogP contribution in [-0.4, -0.2) is 25.8 Å². The number of sulfonamides is 1. The average molecular weight is 382 g/mol. The number of halogens is 2. The predicted molar refractivity (Wildman–Crippen MR) is 99.0 cm³/mol. The molecule has 0 aromatic heterocycles. The molecule has 24 heavy (non-hydrogen) atoms. The van der Waals surface area contributed by atoms with Crippen LogP contribution < -0.4 is 0 Å². The van der Waals surface area contributed by atoms with E-state index in [2.05, 4.69) is 0 Å². The lowest BCUT2D eigenvalue weighted by atomic mass is 10.0. The predicted octanol–water partition coefficient (Wildman–Crippen LogP) is 4.78. The van der Waals surface area contributed by atoms with Gasteiger partial charge in [0.25, 0.3) is 0 Å². The van der Waals surface area contributed by atoms with Gasteiger partial charge in [-0.15, -0.1) is 0 Å². The van der Waals surface area contributed by atoms with Crippen LogP contribution in [0.2, 0.25) is 10.0 Å². The monoisotopic (exact) mass is 381 g/mol. The number of rotatable bonds is 3. The number of nitrogens with zero attached hydrogens (tertiary/aromatic N) is 1. The van der Waals surface area contributed by atoms with E-state index in [0.717, 1.165) is 5.56 Å². The fourth-order valence-electron chi connectivity index (χ4n) is 2.75. The second kappa shape index (κ2) is 6.89. The summed E-state index contributed by atoms with van der Waals surface area (Å²) in [5.41, 5.74) is 2.99. The van der Waals surface area contributed by atoms with Crippen LogP contribution in [0.15, 0.2) is 53.4 Å². The van der Waals surface area contributed by atoms with E-state index in [0.29, 0.717) is 30.1 Å². The molecule has 2 aromatic rings. The average Bonchev–Trinajstić information content (AvgIpc) is 2.59. The van der Waals surface area contributed by atoms with Gasteiger partial charge in [-0.25, -0.2) is 8.42 Å². The molecule has 3 rings (SSSR count). The normalized spacial score (nSPS) is 16.0. The van der Waals surface area contributed by atoms with Gasteiger partial charge in [0.1, 0.15) is 4.90 Å². The fraction of sp³-hybridized carbons (Fsp3) is 0.222. The zero-order chi connectivity index (χ0) is 17.3. The van der Waals surface area contributed by atoms with E-state index in [1.807, 2.05) is 36.4 Å². The maximum absolute atomic E-state index is 12.9. The number of aryl methyl sites for hydroxylation is 1. The third kappa shape index (κ3) is 3.38. The van der Waals surface area contributed by atoms with E-state index in [1.165, 1.54) is 22.0 Å².